The second-order valence-electron chi connectivity index (χ2n) is 5.81. The van der Waals surface area contributed by atoms with Gasteiger partial charge in [-0.2, -0.15) is 0 Å². The minimum atomic E-state index is -0.193. The summed E-state index contributed by atoms with van der Waals surface area (Å²) in [5, 5.41) is 3.36. The van der Waals surface area contributed by atoms with Crippen LogP contribution in [-0.2, 0) is 6.54 Å². The van der Waals surface area contributed by atoms with Gasteiger partial charge in [0, 0.05) is 11.1 Å². The zero-order chi connectivity index (χ0) is 14.0. The molecule has 2 rings (SSSR count). The third kappa shape index (κ3) is 3.64. The lowest BCUT2D eigenvalue weighted by Gasteiger charge is -2.19. The fourth-order valence-electron chi connectivity index (χ4n) is 1.71. The van der Waals surface area contributed by atoms with Crippen molar-refractivity contribution < 1.29 is 4.39 Å². The zero-order valence-electron chi connectivity index (χ0n) is 11.8. The molecule has 3 nitrogen and oxygen atoms in total. The molecule has 1 aromatic heterocycles. The maximum absolute atomic E-state index is 13.5. The molecule has 102 valence electrons. The average molecular weight is 261 g/mol. The number of H-pyrrole nitrogens is 1. The van der Waals surface area contributed by atoms with Crippen LogP contribution in [-0.4, -0.2) is 15.5 Å². The molecular formula is C15H20FN3. The van der Waals surface area contributed by atoms with E-state index < -0.39 is 0 Å². The minimum absolute atomic E-state index is 0.0446. The molecule has 2 N–H and O–H groups in total. The third-order valence-electron chi connectivity index (χ3n) is 2.90. The molecule has 0 radical (unpaired) electrons. The monoisotopic (exact) mass is 261 g/mol. The Morgan fingerprint density at radius 2 is 2.05 bits per heavy atom. The van der Waals surface area contributed by atoms with Crippen LogP contribution in [0.25, 0.3) is 11.3 Å². The lowest BCUT2D eigenvalue weighted by Crippen LogP contribution is -2.35. The minimum Gasteiger partial charge on any atom is -0.341 e. The number of aromatic amines is 1. The summed E-state index contributed by atoms with van der Waals surface area (Å²) in [4.78, 5) is 7.52. The predicted octanol–water partition coefficient (Wildman–Crippen LogP) is 3.41. The predicted molar refractivity (Wildman–Crippen MR) is 75.3 cm³/mol. The topological polar surface area (TPSA) is 40.7 Å². The fraction of sp³-hybridized carbons (Fsp3) is 0.400. The number of imidazole rings is 1. The number of nitrogens with one attached hydrogen (secondary N) is 2. The second kappa shape index (κ2) is 5.13. The SMILES string of the molecule is Cc1ccc(-c2cnc(CNC(C)(C)C)[nH]2)cc1F. The molecule has 2 aromatic rings. The molecule has 0 saturated carbocycles. The smallest absolute Gasteiger partial charge is 0.126 e. The summed E-state index contributed by atoms with van der Waals surface area (Å²) < 4.78 is 13.5. The van der Waals surface area contributed by atoms with Crippen LogP contribution in [0, 0.1) is 12.7 Å². The van der Waals surface area contributed by atoms with Crippen LogP contribution < -0.4 is 5.32 Å². The van der Waals surface area contributed by atoms with Gasteiger partial charge in [0.2, 0.25) is 0 Å². The molecular weight excluding hydrogens is 241 g/mol. The Hall–Kier alpha value is -1.68. The molecule has 1 heterocycles. The molecule has 0 aliphatic heterocycles. The standard InChI is InChI=1S/C15H20FN3/c1-10-5-6-11(7-12(10)16)13-8-17-14(19-13)9-18-15(2,3)4/h5-8,18H,9H2,1-4H3,(H,17,19). The molecule has 0 bridgehead atoms. The largest absolute Gasteiger partial charge is 0.341 e. The first-order chi connectivity index (χ1) is 8.85. The van der Waals surface area contributed by atoms with Gasteiger partial charge in [0.1, 0.15) is 11.6 Å². The van der Waals surface area contributed by atoms with Crippen molar-refractivity contribution in [3.63, 3.8) is 0 Å². The quantitative estimate of drug-likeness (QED) is 0.889. The van der Waals surface area contributed by atoms with Gasteiger partial charge in [0.05, 0.1) is 18.4 Å². The van der Waals surface area contributed by atoms with Gasteiger partial charge in [-0.15, -0.1) is 0 Å². The van der Waals surface area contributed by atoms with E-state index in [0.717, 1.165) is 17.1 Å². The number of hydrogen-bond donors (Lipinski definition) is 2. The van der Waals surface area contributed by atoms with Crippen LogP contribution in [0.5, 0.6) is 0 Å². The van der Waals surface area contributed by atoms with Crippen LogP contribution in [0.15, 0.2) is 24.4 Å². The molecule has 0 unspecified atom stereocenters. The number of nitrogens with zero attached hydrogens (tertiary/aromatic N) is 1. The molecule has 0 atom stereocenters. The molecule has 0 spiro atoms. The summed E-state index contributed by atoms with van der Waals surface area (Å²) in [5.74, 6) is 0.660. The lowest BCUT2D eigenvalue weighted by atomic mass is 10.1. The summed E-state index contributed by atoms with van der Waals surface area (Å²) in [7, 11) is 0. The van der Waals surface area contributed by atoms with Crippen molar-refractivity contribution in [2.24, 2.45) is 0 Å². The highest BCUT2D eigenvalue weighted by Gasteiger charge is 2.10. The van der Waals surface area contributed by atoms with Crippen LogP contribution in [0.4, 0.5) is 4.39 Å². The van der Waals surface area contributed by atoms with E-state index in [0.29, 0.717) is 12.1 Å². The Labute approximate surface area is 113 Å². The van der Waals surface area contributed by atoms with Crippen molar-refractivity contribution in [1.82, 2.24) is 15.3 Å². The Morgan fingerprint density at radius 1 is 1.32 bits per heavy atom. The van der Waals surface area contributed by atoms with Crippen molar-refractivity contribution in [2.45, 2.75) is 39.8 Å². The Bertz CT molecular complexity index is 567. The van der Waals surface area contributed by atoms with Crippen LogP contribution in [0.3, 0.4) is 0 Å². The first-order valence-electron chi connectivity index (χ1n) is 6.40. The van der Waals surface area contributed by atoms with E-state index in [2.05, 4.69) is 36.1 Å². The maximum atomic E-state index is 13.5. The van der Waals surface area contributed by atoms with E-state index in [1.54, 1.807) is 19.2 Å². The van der Waals surface area contributed by atoms with E-state index >= 15 is 0 Å². The molecule has 19 heavy (non-hydrogen) atoms. The van der Waals surface area contributed by atoms with Crippen molar-refractivity contribution in [1.29, 1.82) is 0 Å². The fourth-order valence-corrected chi connectivity index (χ4v) is 1.71. The highest BCUT2D eigenvalue weighted by molar-refractivity contribution is 5.59. The van der Waals surface area contributed by atoms with Gasteiger partial charge in [0.25, 0.3) is 0 Å². The summed E-state index contributed by atoms with van der Waals surface area (Å²) in [6.07, 6.45) is 1.74. The van der Waals surface area contributed by atoms with Crippen LogP contribution in [0.2, 0.25) is 0 Å². The molecule has 0 fully saturated rings. The van der Waals surface area contributed by atoms with E-state index in [9.17, 15) is 4.39 Å². The number of hydrogen-bond acceptors (Lipinski definition) is 2. The van der Waals surface area contributed by atoms with Gasteiger partial charge in [-0.05, 0) is 39.3 Å². The van der Waals surface area contributed by atoms with E-state index in [1.165, 1.54) is 6.07 Å². The van der Waals surface area contributed by atoms with Gasteiger partial charge < -0.3 is 10.3 Å². The van der Waals surface area contributed by atoms with Gasteiger partial charge in [-0.3, -0.25) is 0 Å². The summed E-state index contributed by atoms with van der Waals surface area (Å²) in [5.41, 5.74) is 2.35. The van der Waals surface area contributed by atoms with Crippen molar-refractivity contribution in [3.05, 3.63) is 41.6 Å². The summed E-state index contributed by atoms with van der Waals surface area (Å²) in [6.45, 7) is 8.73. The van der Waals surface area contributed by atoms with Crippen molar-refractivity contribution in [2.75, 3.05) is 0 Å². The third-order valence-corrected chi connectivity index (χ3v) is 2.90. The van der Waals surface area contributed by atoms with Crippen LogP contribution >= 0.6 is 0 Å². The Morgan fingerprint density at radius 3 is 2.68 bits per heavy atom. The van der Waals surface area contributed by atoms with Gasteiger partial charge in [0.15, 0.2) is 0 Å². The highest BCUT2D eigenvalue weighted by Crippen LogP contribution is 2.20. The first-order valence-corrected chi connectivity index (χ1v) is 6.40. The molecule has 0 aliphatic rings. The number of benzene rings is 1. The van der Waals surface area contributed by atoms with Gasteiger partial charge in [-0.1, -0.05) is 12.1 Å². The Kier molecular flexibility index (Phi) is 3.71. The molecule has 4 heteroatoms. The van der Waals surface area contributed by atoms with Crippen molar-refractivity contribution >= 4 is 0 Å². The van der Waals surface area contributed by atoms with Crippen molar-refractivity contribution in [3.8, 4) is 11.3 Å². The number of halogens is 1. The van der Waals surface area contributed by atoms with E-state index in [-0.39, 0.29) is 11.4 Å². The van der Waals surface area contributed by atoms with Gasteiger partial charge >= 0.3 is 0 Å². The van der Waals surface area contributed by atoms with E-state index in [4.69, 9.17) is 0 Å². The second-order valence-corrected chi connectivity index (χ2v) is 5.81. The first kappa shape index (κ1) is 13.7. The van der Waals surface area contributed by atoms with E-state index in [1.807, 2.05) is 6.07 Å². The zero-order valence-corrected chi connectivity index (χ0v) is 11.8. The lowest BCUT2D eigenvalue weighted by molar-refractivity contribution is 0.418. The maximum Gasteiger partial charge on any atom is 0.126 e. The normalized spacial score (nSPS) is 11.8. The molecule has 0 saturated heterocycles. The average Bonchev–Trinajstić information content (AvgIpc) is 2.78. The molecule has 0 aliphatic carbocycles. The summed E-state index contributed by atoms with van der Waals surface area (Å²) in [6, 6.07) is 5.20. The van der Waals surface area contributed by atoms with Gasteiger partial charge in [-0.25, -0.2) is 9.37 Å². The number of rotatable bonds is 3. The molecule has 0 amide bonds. The highest BCUT2D eigenvalue weighted by atomic mass is 19.1. The summed E-state index contributed by atoms with van der Waals surface area (Å²) >= 11 is 0. The Balaban J connectivity index is 2.14. The number of aryl methyl sites for hydroxylation is 1. The number of aromatic nitrogens is 2. The van der Waals surface area contributed by atoms with Crippen LogP contribution in [0.1, 0.15) is 32.2 Å². The molecule has 1 aromatic carbocycles.